The van der Waals surface area contributed by atoms with Gasteiger partial charge in [-0.05, 0) is 38.1 Å². The maximum Gasteiger partial charge on any atom is 0.336 e. The highest BCUT2D eigenvalue weighted by Gasteiger charge is 2.15. The third kappa shape index (κ3) is 4.14. The van der Waals surface area contributed by atoms with E-state index in [1.807, 2.05) is 20.2 Å². The minimum Gasteiger partial charge on any atom is -0.508 e. The van der Waals surface area contributed by atoms with Crippen molar-refractivity contribution in [1.82, 2.24) is 0 Å². The molecule has 0 aliphatic heterocycles. The molecule has 0 radical (unpaired) electrons. The molecule has 5 heteroatoms. The van der Waals surface area contributed by atoms with Crippen LogP contribution in [0.2, 0.25) is 0 Å². The average Bonchev–Trinajstić information content (AvgIpc) is 2.65. The number of phenolic OH excluding ortho intramolecular Hbond substituents is 1. The molecule has 2 N–H and O–H groups in total. The van der Waals surface area contributed by atoms with E-state index < -0.39 is 0 Å². The van der Waals surface area contributed by atoms with Crippen molar-refractivity contribution >= 4 is 16.7 Å². The van der Waals surface area contributed by atoms with Crippen LogP contribution >= 0.6 is 0 Å². The highest BCUT2D eigenvalue weighted by Crippen LogP contribution is 2.27. The third-order valence-corrected chi connectivity index (χ3v) is 5.07. The summed E-state index contributed by atoms with van der Waals surface area (Å²) in [6, 6.07) is 13.6. The second-order valence-electron chi connectivity index (χ2n) is 7.20. The standard InChI is InChI=1S/C22H26N2O3/c1-5-24(13-16-6-8-18(9-7-16)23(3)4)14-17-12-21(26)27-22-15(2)20(25)11-10-19(17)22/h6-12,25H,5,13-14H2,1-4H3/p+1. The molecular formula is C22H27N2O3+. The SMILES string of the molecule is CC[NH+](Cc1ccc(N(C)C)cc1)Cc1cc(=O)oc2c(C)c(O)ccc12. The third-order valence-electron chi connectivity index (χ3n) is 5.07. The van der Waals surface area contributed by atoms with Crippen molar-refractivity contribution in [3.05, 3.63) is 69.6 Å². The van der Waals surface area contributed by atoms with E-state index in [4.69, 9.17) is 4.42 Å². The van der Waals surface area contributed by atoms with Crippen LogP contribution in [0.5, 0.6) is 5.75 Å². The molecule has 1 heterocycles. The Morgan fingerprint density at radius 1 is 1.07 bits per heavy atom. The van der Waals surface area contributed by atoms with Gasteiger partial charge in [-0.25, -0.2) is 4.79 Å². The molecule has 0 fully saturated rings. The number of anilines is 1. The maximum atomic E-state index is 12.0. The van der Waals surface area contributed by atoms with Crippen LogP contribution in [0.1, 0.15) is 23.6 Å². The minimum atomic E-state index is -0.378. The Hall–Kier alpha value is -2.79. The van der Waals surface area contributed by atoms with Gasteiger partial charge in [0.05, 0.1) is 6.54 Å². The zero-order valence-electron chi connectivity index (χ0n) is 16.4. The van der Waals surface area contributed by atoms with Gasteiger partial charge in [0.25, 0.3) is 0 Å². The molecule has 142 valence electrons. The Balaban J connectivity index is 1.88. The highest BCUT2D eigenvalue weighted by atomic mass is 16.4. The summed E-state index contributed by atoms with van der Waals surface area (Å²) < 4.78 is 5.35. The number of fused-ring (bicyclic) bond motifs is 1. The van der Waals surface area contributed by atoms with E-state index in [2.05, 4.69) is 36.1 Å². The van der Waals surface area contributed by atoms with Crippen LogP contribution in [0.25, 0.3) is 11.0 Å². The number of hydrogen-bond acceptors (Lipinski definition) is 4. The van der Waals surface area contributed by atoms with Crippen LogP contribution in [-0.4, -0.2) is 25.7 Å². The number of nitrogens with one attached hydrogen (secondary N) is 1. The van der Waals surface area contributed by atoms with Crippen LogP contribution in [0.4, 0.5) is 5.69 Å². The minimum absolute atomic E-state index is 0.142. The molecule has 0 saturated carbocycles. The summed E-state index contributed by atoms with van der Waals surface area (Å²) in [6.45, 7) is 6.45. The zero-order valence-corrected chi connectivity index (χ0v) is 16.4. The molecule has 3 aromatic rings. The van der Waals surface area contributed by atoms with Crippen molar-refractivity contribution in [2.24, 2.45) is 0 Å². The number of phenols is 1. The van der Waals surface area contributed by atoms with Crippen molar-refractivity contribution in [3.63, 3.8) is 0 Å². The number of aromatic hydroxyl groups is 1. The molecule has 1 aromatic heterocycles. The molecule has 1 atom stereocenters. The van der Waals surface area contributed by atoms with E-state index in [0.717, 1.165) is 30.6 Å². The molecule has 0 aliphatic rings. The van der Waals surface area contributed by atoms with E-state index in [1.54, 1.807) is 19.1 Å². The Morgan fingerprint density at radius 2 is 1.78 bits per heavy atom. The number of rotatable bonds is 6. The van der Waals surface area contributed by atoms with Gasteiger partial charge in [-0.2, -0.15) is 0 Å². The van der Waals surface area contributed by atoms with Crippen molar-refractivity contribution in [3.8, 4) is 5.75 Å². The van der Waals surface area contributed by atoms with Gasteiger partial charge in [0.1, 0.15) is 24.4 Å². The summed E-state index contributed by atoms with van der Waals surface area (Å²) in [6.07, 6.45) is 0. The first-order valence-corrected chi connectivity index (χ1v) is 9.24. The van der Waals surface area contributed by atoms with Crippen molar-refractivity contribution < 1.29 is 14.4 Å². The molecule has 0 amide bonds. The lowest BCUT2D eigenvalue weighted by atomic mass is 10.1. The largest absolute Gasteiger partial charge is 0.508 e. The first-order valence-electron chi connectivity index (χ1n) is 9.24. The van der Waals surface area contributed by atoms with E-state index in [0.29, 0.717) is 11.1 Å². The normalized spacial score (nSPS) is 12.3. The Kier molecular flexibility index (Phi) is 5.51. The lowest BCUT2D eigenvalue weighted by Crippen LogP contribution is -3.09. The Bertz CT molecular complexity index is 991. The van der Waals surface area contributed by atoms with Crippen molar-refractivity contribution in [2.75, 3.05) is 25.5 Å². The molecule has 5 nitrogen and oxygen atoms in total. The van der Waals surface area contributed by atoms with Gasteiger partial charge in [-0.15, -0.1) is 0 Å². The Labute approximate surface area is 159 Å². The lowest BCUT2D eigenvalue weighted by Gasteiger charge is -2.19. The van der Waals surface area contributed by atoms with Gasteiger partial charge in [-0.3, -0.25) is 0 Å². The van der Waals surface area contributed by atoms with Gasteiger partial charge in [-0.1, -0.05) is 12.1 Å². The summed E-state index contributed by atoms with van der Waals surface area (Å²) in [5, 5.41) is 10.8. The van der Waals surface area contributed by atoms with E-state index in [1.165, 1.54) is 16.2 Å². The number of quaternary nitrogens is 1. The van der Waals surface area contributed by atoms with Gasteiger partial charge in [0.15, 0.2) is 0 Å². The fourth-order valence-corrected chi connectivity index (χ4v) is 3.34. The number of hydrogen-bond donors (Lipinski definition) is 2. The predicted molar refractivity (Wildman–Crippen MR) is 109 cm³/mol. The van der Waals surface area contributed by atoms with Crippen molar-refractivity contribution in [1.29, 1.82) is 0 Å². The molecule has 0 aliphatic carbocycles. The maximum absolute atomic E-state index is 12.0. The number of nitrogens with zero attached hydrogens (tertiary/aromatic N) is 1. The average molecular weight is 367 g/mol. The molecule has 2 aromatic carbocycles. The van der Waals surface area contributed by atoms with E-state index in [9.17, 15) is 9.90 Å². The fourth-order valence-electron chi connectivity index (χ4n) is 3.34. The predicted octanol–water partition coefficient (Wildman–Crippen LogP) is 2.48. The van der Waals surface area contributed by atoms with Gasteiger partial charge >= 0.3 is 5.63 Å². The van der Waals surface area contributed by atoms with Crippen LogP contribution in [0, 0.1) is 6.92 Å². The van der Waals surface area contributed by atoms with Crippen LogP contribution in [-0.2, 0) is 13.1 Å². The van der Waals surface area contributed by atoms with Gasteiger partial charge in [0.2, 0.25) is 0 Å². The second kappa shape index (κ2) is 7.84. The summed E-state index contributed by atoms with van der Waals surface area (Å²) >= 11 is 0. The van der Waals surface area contributed by atoms with Crippen LogP contribution in [0.3, 0.4) is 0 Å². The molecule has 0 spiro atoms. The molecule has 3 rings (SSSR count). The first-order chi connectivity index (χ1) is 12.9. The topological polar surface area (TPSA) is 58.1 Å². The van der Waals surface area contributed by atoms with Crippen LogP contribution < -0.4 is 15.4 Å². The molecule has 0 saturated heterocycles. The van der Waals surface area contributed by atoms with E-state index >= 15 is 0 Å². The van der Waals surface area contributed by atoms with Gasteiger partial charge < -0.3 is 19.3 Å². The fraction of sp³-hybridized carbons (Fsp3) is 0.318. The van der Waals surface area contributed by atoms with Crippen LogP contribution in [0.15, 0.2) is 51.7 Å². The number of aryl methyl sites for hydroxylation is 1. The molecule has 27 heavy (non-hydrogen) atoms. The first kappa shape index (κ1) is 19.0. The van der Waals surface area contributed by atoms with E-state index in [-0.39, 0.29) is 11.4 Å². The van der Waals surface area contributed by atoms with Gasteiger partial charge in [0, 0.05) is 47.9 Å². The summed E-state index contributed by atoms with van der Waals surface area (Å²) in [5.41, 5.74) is 4.09. The molecular weight excluding hydrogens is 340 g/mol. The molecule has 0 bridgehead atoms. The number of benzene rings is 2. The second-order valence-corrected chi connectivity index (χ2v) is 7.20. The monoisotopic (exact) mass is 367 g/mol. The summed E-state index contributed by atoms with van der Waals surface area (Å²) in [5.74, 6) is 0.142. The lowest BCUT2D eigenvalue weighted by molar-refractivity contribution is -0.925. The van der Waals surface area contributed by atoms with Crippen molar-refractivity contribution in [2.45, 2.75) is 26.9 Å². The zero-order chi connectivity index (χ0) is 19.6. The summed E-state index contributed by atoms with van der Waals surface area (Å²) in [4.78, 5) is 15.5. The Morgan fingerprint density at radius 3 is 2.41 bits per heavy atom. The quantitative estimate of drug-likeness (QED) is 0.657. The highest BCUT2D eigenvalue weighted by molar-refractivity contribution is 5.84. The molecule has 1 unspecified atom stereocenters. The summed E-state index contributed by atoms with van der Waals surface area (Å²) in [7, 11) is 4.06. The smallest absolute Gasteiger partial charge is 0.336 e.